The van der Waals surface area contributed by atoms with Crippen LogP contribution < -0.4 is 5.73 Å². The topological polar surface area (TPSA) is 46.3 Å². The fourth-order valence-corrected chi connectivity index (χ4v) is 3.19. The highest BCUT2D eigenvalue weighted by Crippen LogP contribution is 2.36. The molecule has 2 rings (SSSR count). The zero-order chi connectivity index (χ0) is 14.8. The molecule has 1 aliphatic rings. The predicted octanol–water partition coefficient (Wildman–Crippen LogP) is 3.19. The van der Waals surface area contributed by atoms with E-state index in [4.69, 9.17) is 5.73 Å². The van der Waals surface area contributed by atoms with Crippen LogP contribution in [-0.2, 0) is 6.54 Å². The normalized spacial score (nSPS) is 20.2. The molecule has 2 N–H and O–H groups in total. The molecule has 1 aromatic carbocycles. The Kier molecular flexibility index (Phi) is 4.48. The lowest BCUT2D eigenvalue weighted by Gasteiger charge is -2.37. The van der Waals surface area contributed by atoms with Crippen LogP contribution in [0.25, 0.3) is 0 Å². The molecule has 20 heavy (non-hydrogen) atoms. The van der Waals surface area contributed by atoms with Gasteiger partial charge in [-0.2, -0.15) is 0 Å². The van der Waals surface area contributed by atoms with E-state index in [-0.39, 0.29) is 5.91 Å². The van der Waals surface area contributed by atoms with Crippen LogP contribution in [0.4, 0.5) is 0 Å². The lowest BCUT2D eigenvalue weighted by atomic mass is 9.80. The summed E-state index contributed by atoms with van der Waals surface area (Å²) < 4.78 is 0. The van der Waals surface area contributed by atoms with Gasteiger partial charge in [-0.1, -0.05) is 32.9 Å². The van der Waals surface area contributed by atoms with Crippen LogP contribution in [0, 0.1) is 5.41 Å². The molecule has 0 spiro atoms. The van der Waals surface area contributed by atoms with Gasteiger partial charge in [0.05, 0.1) is 0 Å². The predicted molar refractivity (Wildman–Crippen MR) is 82.5 cm³/mol. The molecular weight excluding hydrogens is 248 g/mol. The van der Waals surface area contributed by atoms with Gasteiger partial charge in [-0.15, -0.1) is 0 Å². The largest absolute Gasteiger partial charge is 0.366 e. The van der Waals surface area contributed by atoms with Gasteiger partial charge in [-0.3, -0.25) is 9.69 Å². The molecule has 1 atom stereocenters. The van der Waals surface area contributed by atoms with E-state index in [9.17, 15) is 4.79 Å². The van der Waals surface area contributed by atoms with Crippen molar-refractivity contribution >= 4 is 5.91 Å². The van der Waals surface area contributed by atoms with Crippen molar-refractivity contribution in [1.29, 1.82) is 0 Å². The summed E-state index contributed by atoms with van der Waals surface area (Å²) in [6, 6.07) is 8.34. The van der Waals surface area contributed by atoms with Gasteiger partial charge in [-0.25, -0.2) is 0 Å². The molecule has 0 aromatic heterocycles. The van der Waals surface area contributed by atoms with E-state index in [1.54, 1.807) is 6.07 Å². The Morgan fingerprint density at radius 2 is 2.20 bits per heavy atom. The van der Waals surface area contributed by atoms with E-state index in [0.717, 1.165) is 13.1 Å². The average Bonchev–Trinajstić information content (AvgIpc) is 2.88. The van der Waals surface area contributed by atoms with Crippen molar-refractivity contribution < 1.29 is 4.79 Å². The number of carbonyl (C=O) groups excluding carboxylic acids is 1. The highest BCUT2D eigenvalue weighted by molar-refractivity contribution is 5.92. The van der Waals surface area contributed by atoms with Crippen LogP contribution >= 0.6 is 0 Å². The molecule has 1 fully saturated rings. The van der Waals surface area contributed by atoms with E-state index in [1.165, 1.54) is 24.8 Å². The fourth-order valence-electron chi connectivity index (χ4n) is 3.19. The highest BCUT2D eigenvalue weighted by atomic mass is 16.1. The zero-order valence-electron chi connectivity index (χ0n) is 12.9. The average molecular weight is 274 g/mol. The molecule has 0 radical (unpaired) electrons. The Labute approximate surface area is 122 Å². The Balaban J connectivity index is 2.13. The van der Waals surface area contributed by atoms with E-state index in [0.29, 0.717) is 17.0 Å². The van der Waals surface area contributed by atoms with E-state index < -0.39 is 0 Å². The molecule has 0 bridgehead atoms. The number of nitrogens with zero attached hydrogens (tertiary/aromatic N) is 1. The fraction of sp³-hybridized carbons (Fsp3) is 0.588. The van der Waals surface area contributed by atoms with E-state index >= 15 is 0 Å². The number of nitrogens with two attached hydrogens (primary N) is 1. The number of benzene rings is 1. The van der Waals surface area contributed by atoms with Crippen molar-refractivity contribution in [2.75, 3.05) is 6.54 Å². The summed E-state index contributed by atoms with van der Waals surface area (Å²) in [5.74, 6) is -0.348. The Morgan fingerprint density at radius 1 is 1.45 bits per heavy atom. The molecule has 0 saturated carbocycles. The summed E-state index contributed by atoms with van der Waals surface area (Å²) in [7, 11) is 0. The van der Waals surface area contributed by atoms with Gasteiger partial charge in [0.1, 0.15) is 0 Å². The summed E-state index contributed by atoms with van der Waals surface area (Å²) in [5.41, 5.74) is 7.49. The number of hydrogen-bond acceptors (Lipinski definition) is 2. The van der Waals surface area contributed by atoms with E-state index in [1.807, 2.05) is 12.1 Å². The minimum absolute atomic E-state index is 0.345. The van der Waals surface area contributed by atoms with Gasteiger partial charge in [-0.05, 0) is 48.9 Å². The molecule has 3 heteroatoms. The van der Waals surface area contributed by atoms with Crippen molar-refractivity contribution in [2.24, 2.45) is 11.1 Å². The SMILES string of the molecule is CCC(C)(C)[C@@H]1CCCN1Cc1cccc(C(N)=O)c1. The second-order valence-corrected chi connectivity index (χ2v) is 6.54. The number of rotatable bonds is 5. The van der Waals surface area contributed by atoms with Crippen LogP contribution in [0.1, 0.15) is 56.0 Å². The Morgan fingerprint density at radius 3 is 2.85 bits per heavy atom. The summed E-state index contributed by atoms with van der Waals surface area (Å²) in [6.45, 7) is 9.04. The third kappa shape index (κ3) is 3.21. The first-order chi connectivity index (χ1) is 9.44. The van der Waals surface area contributed by atoms with Crippen LogP contribution in [-0.4, -0.2) is 23.4 Å². The van der Waals surface area contributed by atoms with Crippen molar-refractivity contribution in [3.05, 3.63) is 35.4 Å². The quantitative estimate of drug-likeness (QED) is 0.896. The van der Waals surface area contributed by atoms with Crippen LogP contribution in [0.5, 0.6) is 0 Å². The van der Waals surface area contributed by atoms with Gasteiger partial charge in [0.2, 0.25) is 5.91 Å². The Hall–Kier alpha value is -1.35. The van der Waals surface area contributed by atoms with Crippen molar-refractivity contribution in [1.82, 2.24) is 4.90 Å². The molecule has 1 saturated heterocycles. The third-order valence-electron chi connectivity index (χ3n) is 4.77. The second kappa shape index (κ2) is 5.96. The molecule has 0 aliphatic carbocycles. The van der Waals surface area contributed by atoms with E-state index in [2.05, 4.69) is 31.7 Å². The third-order valence-corrected chi connectivity index (χ3v) is 4.77. The molecule has 1 aliphatic heterocycles. The van der Waals surface area contributed by atoms with Crippen LogP contribution in [0.3, 0.4) is 0 Å². The minimum atomic E-state index is -0.348. The smallest absolute Gasteiger partial charge is 0.248 e. The summed E-state index contributed by atoms with van der Waals surface area (Å²) in [6.07, 6.45) is 3.73. The first-order valence-electron chi connectivity index (χ1n) is 7.57. The first kappa shape index (κ1) is 15.0. The maximum atomic E-state index is 11.3. The Bertz CT molecular complexity index is 482. The molecule has 3 nitrogen and oxygen atoms in total. The van der Waals surface area contributed by atoms with Gasteiger partial charge >= 0.3 is 0 Å². The molecule has 1 aromatic rings. The number of hydrogen-bond donors (Lipinski definition) is 1. The van der Waals surface area contributed by atoms with Crippen molar-refractivity contribution in [2.45, 2.75) is 52.6 Å². The summed E-state index contributed by atoms with van der Waals surface area (Å²) in [4.78, 5) is 13.8. The molecule has 110 valence electrons. The molecule has 1 amide bonds. The lowest BCUT2D eigenvalue weighted by Crippen LogP contribution is -2.40. The highest BCUT2D eigenvalue weighted by Gasteiger charge is 2.35. The number of primary amides is 1. The second-order valence-electron chi connectivity index (χ2n) is 6.54. The first-order valence-corrected chi connectivity index (χ1v) is 7.57. The summed E-state index contributed by atoms with van der Waals surface area (Å²) in [5, 5.41) is 0. The minimum Gasteiger partial charge on any atom is -0.366 e. The van der Waals surface area contributed by atoms with Gasteiger partial charge in [0.25, 0.3) is 0 Å². The number of amides is 1. The van der Waals surface area contributed by atoms with Gasteiger partial charge in [0.15, 0.2) is 0 Å². The number of carbonyl (C=O) groups is 1. The van der Waals surface area contributed by atoms with Crippen LogP contribution in [0.2, 0.25) is 0 Å². The number of likely N-dealkylation sites (tertiary alicyclic amines) is 1. The van der Waals surface area contributed by atoms with Gasteiger partial charge in [0, 0.05) is 18.2 Å². The maximum Gasteiger partial charge on any atom is 0.248 e. The summed E-state index contributed by atoms with van der Waals surface area (Å²) >= 11 is 0. The van der Waals surface area contributed by atoms with Crippen molar-refractivity contribution in [3.8, 4) is 0 Å². The van der Waals surface area contributed by atoms with Crippen LogP contribution in [0.15, 0.2) is 24.3 Å². The lowest BCUT2D eigenvalue weighted by molar-refractivity contribution is 0.0999. The standard InChI is InChI=1S/C17H26N2O/c1-4-17(2,3)15-9-6-10-19(15)12-13-7-5-8-14(11-13)16(18)20/h5,7-8,11,15H,4,6,9-10,12H2,1-3H3,(H2,18,20)/t15-/m0/s1. The molecular formula is C17H26N2O. The van der Waals surface area contributed by atoms with Crippen molar-refractivity contribution in [3.63, 3.8) is 0 Å². The zero-order valence-corrected chi connectivity index (χ0v) is 12.9. The molecule has 1 heterocycles. The molecule has 0 unspecified atom stereocenters. The monoisotopic (exact) mass is 274 g/mol. The maximum absolute atomic E-state index is 11.3. The van der Waals surface area contributed by atoms with Gasteiger partial charge < -0.3 is 5.73 Å².